The Balaban J connectivity index is 1.76. The third kappa shape index (κ3) is 3.67. The summed E-state index contributed by atoms with van der Waals surface area (Å²) in [6.45, 7) is 1.91. The molecule has 3 N–H and O–H groups in total. The molecule has 9 nitrogen and oxygen atoms in total. The van der Waals surface area contributed by atoms with Crippen molar-refractivity contribution in [2.45, 2.75) is 13.5 Å². The average Bonchev–Trinajstić information content (AvgIpc) is 3.23. The van der Waals surface area contributed by atoms with Crippen molar-refractivity contribution in [3.63, 3.8) is 0 Å². The fourth-order valence-electron chi connectivity index (χ4n) is 4.54. The maximum absolute atomic E-state index is 12.4. The molecule has 0 aliphatic carbocycles. The Morgan fingerprint density at radius 3 is 2.74 bits per heavy atom. The highest BCUT2D eigenvalue weighted by Gasteiger charge is 2.21. The van der Waals surface area contributed by atoms with Gasteiger partial charge in [0.05, 0.1) is 35.1 Å². The predicted molar refractivity (Wildman–Crippen MR) is 132 cm³/mol. The van der Waals surface area contributed by atoms with Gasteiger partial charge >= 0.3 is 6.09 Å². The molecule has 3 aromatic carbocycles. The maximum atomic E-state index is 12.4. The van der Waals surface area contributed by atoms with E-state index in [-0.39, 0.29) is 12.1 Å². The molecule has 0 aliphatic rings. The number of hydrogen-bond acceptors (Lipinski definition) is 5. The molecule has 0 bridgehead atoms. The molecule has 0 spiro atoms. The highest BCUT2D eigenvalue weighted by molar-refractivity contribution is 5.99. The topological polar surface area (TPSA) is 137 Å². The van der Waals surface area contributed by atoms with E-state index in [0.717, 1.165) is 38.7 Å². The maximum Gasteiger partial charge on any atom is 0.404 e. The number of nitriles is 1. The number of nitrogens with zero attached hydrogens (tertiary/aromatic N) is 4. The first kappa shape index (κ1) is 21.9. The van der Waals surface area contributed by atoms with Crippen LogP contribution in [0.1, 0.15) is 16.8 Å². The Morgan fingerprint density at radius 2 is 1.97 bits per heavy atom. The monoisotopic (exact) mass is 464 g/mol. The lowest BCUT2D eigenvalue weighted by molar-refractivity contribution is 0.194. The van der Waals surface area contributed by atoms with Gasteiger partial charge in [-0.15, -0.1) is 0 Å². The number of H-pyrrole nitrogens is 1. The summed E-state index contributed by atoms with van der Waals surface area (Å²) in [5, 5.41) is 35.1. The van der Waals surface area contributed by atoms with Crippen molar-refractivity contribution in [1.82, 2.24) is 25.3 Å². The molecule has 172 valence electrons. The van der Waals surface area contributed by atoms with Gasteiger partial charge in [-0.25, -0.2) is 9.89 Å². The van der Waals surface area contributed by atoms with Gasteiger partial charge in [0, 0.05) is 28.9 Å². The van der Waals surface area contributed by atoms with Crippen molar-refractivity contribution in [3.8, 4) is 28.5 Å². The summed E-state index contributed by atoms with van der Waals surface area (Å²) in [5.74, 6) is 0. The first-order chi connectivity index (χ1) is 16.9. The van der Waals surface area contributed by atoms with Crippen LogP contribution in [0.5, 0.6) is 0 Å². The molecule has 0 fully saturated rings. The molecular formula is C26H20N6O3. The number of benzene rings is 3. The van der Waals surface area contributed by atoms with Crippen LogP contribution in [0.25, 0.3) is 43.9 Å². The fourth-order valence-corrected chi connectivity index (χ4v) is 4.54. The van der Waals surface area contributed by atoms with E-state index in [4.69, 9.17) is 5.11 Å². The molecular weight excluding hydrogens is 444 g/mol. The molecule has 0 unspecified atom stereocenters. The standard InChI is InChI=1S/C26H20N6O3/c1-14-9-15-5-3-4-6-17(15)20(11-27)23(14)24-21(12-29-32(24)2)16-7-8-18-19(10-16)22(13-28-26(34)35)30-31-25(18)33/h3-10,12,28H,13H2,1-2H3,(H,31,33)(H,34,35). The van der Waals surface area contributed by atoms with Crippen LogP contribution in [0.2, 0.25) is 0 Å². The molecule has 9 heteroatoms. The van der Waals surface area contributed by atoms with Crippen molar-refractivity contribution in [3.05, 3.63) is 81.9 Å². The fraction of sp³-hybridized carbons (Fsp3) is 0.115. The van der Waals surface area contributed by atoms with Crippen molar-refractivity contribution < 1.29 is 9.90 Å². The first-order valence-electron chi connectivity index (χ1n) is 10.8. The Labute approximate surface area is 199 Å². The average molecular weight is 464 g/mol. The van der Waals surface area contributed by atoms with Crippen molar-refractivity contribution >= 4 is 27.6 Å². The van der Waals surface area contributed by atoms with E-state index >= 15 is 0 Å². The summed E-state index contributed by atoms with van der Waals surface area (Å²) in [4.78, 5) is 23.4. The predicted octanol–water partition coefficient (Wildman–Crippen LogP) is 4.09. The number of hydrogen-bond donors (Lipinski definition) is 3. The molecule has 35 heavy (non-hydrogen) atoms. The largest absolute Gasteiger partial charge is 0.465 e. The summed E-state index contributed by atoms with van der Waals surface area (Å²) in [7, 11) is 1.82. The SMILES string of the molecule is Cc1cc2ccccc2c(C#N)c1-c1c(-c2ccc3c(=O)[nH]nc(CNC(=O)O)c3c2)cnn1C. The summed E-state index contributed by atoms with van der Waals surface area (Å²) in [6, 6.07) is 17.5. The molecule has 5 aromatic rings. The number of carbonyl (C=O) groups is 1. The molecule has 2 heterocycles. The molecule has 1 amide bonds. The van der Waals surface area contributed by atoms with E-state index in [1.54, 1.807) is 23.0 Å². The highest BCUT2D eigenvalue weighted by atomic mass is 16.4. The van der Waals surface area contributed by atoms with Crippen LogP contribution in [0.3, 0.4) is 0 Å². The second-order valence-electron chi connectivity index (χ2n) is 8.23. The quantitative estimate of drug-likeness (QED) is 0.366. The van der Waals surface area contributed by atoms with Gasteiger partial charge in [0.2, 0.25) is 0 Å². The van der Waals surface area contributed by atoms with Crippen LogP contribution >= 0.6 is 0 Å². The molecule has 2 aromatic heterocycles. The van der Waals surface area contributed by atoms with E-state index in [0.29, 0.717) is 22.0 Å². The van der Waals surface area contributed by atoms with Crippen LogP contribution in [-0.4, -0.2) is 31.2 Å². The zero-order valence-electron chi connectivity index (χ0n) is 19.0. The summed E-state index contributed by atoms with van der Waals surface area (Å²) in [5.41, 5.74) is 4.64. The molecule has 0 atom stereocenters. The second kappa shape index (κ2) is 8.43. The van der Waals surface area contributed by atoms with Crippen LogP contribution in [-0.2, 0) is 13.6 Å². The molecule has 0 saturated carbocycles. The number of aromatic amines is 1. The number of carboxylic acid groups (broad SMARTS) is 1. The van der Waals surface area contributed by atoms with E-state index in [1.165, 1.54) is 0 Å². The van der Waals surface area contributed by atoms with Gasteiger partial charge in [0.15, 0.2) is 0 Å². The Bertz CT molecular complexity index is 1740. The lowest BCUT2D eigenvalue weighted by atomic mass is 9.90. The van der Waals surface area contributed by atoms with Crippen molar-refractivity contribution in [2.75, 3.05) is 0 Å². The van der Waals surface area contributed by atoms with Gasteiger partial charge in [-0.3, -0.25) is 9.48 Å². The second-order valence-corrected chi connectivity index (χ2v) is 8.23. The molecule has 5 rings (SSSR count). The normalized spacial score (nSPS) is 11.0. The van der Waals surface area contributed by atoms with E-state index in [1.807, 2.05) is 44.3 Å². The zero-order chi connectivity index (χ0) is 24.7. The first-order valence-corrected chi connectivity index (χ1v) is 10.8. The number of rotatable bonds is 4. The number of nitrogens with one attached hydrogen (secondary N) is 2. The summed E-state index contributed by atoms with van der Waals surface area (Å²) < 4.78 is 1.74. The molecule has 0 saturated heterocycles. The Morgan fingerprint density at radius 1 is 1.17 bits per heavy atom. The van der Waals surface area contributed by atoms with Gasteiger partial charge in [0.1, 0.15) is 6.07 Å². The summed E-state index contributed by atoms with van der Waals surface area (Å²) >= 11 is 0. The van der Waals surface area contributed by atoms with Crippen LogP contribution < -0.4 is 10.9 Å². The van der Waals surface area contributed by atoms with Crippen molar-refractivity contribution in [1.29, 1.82) is 5.26 Å². The Kier molecular flexibility index (Phi) is 5.26. The Hall–Kier alpha value is -4.97. The smallest absolute Gasteiger partial charge is 0.404 e. The van der Waals surface area contributed by atoms with E-state index in [2.05, 4.69) is 32.7 Å². The van der Waals surface area contributed by atoms with Gasteiger partial charge in [-0.1, -0.05) is 36.4 Å². The lowest BCUT2D eigenvalue weighted by Crippen LogP contribution is -2.22. The number of amides is 1. The van der Waals surface area contributed by atoms with Crippen molar-refractivity contribution in [2.24, 2.45) is 7.05 Å². The van der Waals surface area contributed by atoms with Crippen LogP contribution in [0.15, 0.2) is 59.5 Å². The van der Waals surface area contributed by atoms with Gasteiger partial charge in [0.25, 0.3) is 5.56 Å². The minimum Gasteiger partial charge on any atom is -0.465 e. The van der Waals surface area contributed by atoms with E-state index in [9.17, 15) is 14.9 Å². The number of aryl methyl sites for hydroxylation is 2. The molecule has 0 radical (unpaired) electrons. The minimum atomic E-state index is -1.19. The van der Waals surface area contributed by atoms with Gasteiger partial charge in [-0.05, 0) is 35.6 Å². The lowest BCUT2D eigenvalue weighted by Gasteiger charge is -2.15. The van der Waals surface area contributed by atoms with Crippen LogP contribution in [0.4, 0.5) is 4.79 Å². The van der Waals surface area contributed by atoms with Gasteiger partial charge in [-0.2, -0.15) is 15.5 Å². The van der Waals surface area contributed by atoms with E-state index < -0.39 is 6.09 Å². The zero-order valence-corrected chi connectivity index (χ0v) is 19.0. The third-order valence-electron chi connectivity index (χ3n) is 6.12. The third-order valence-corrected chi connectivity index (χ3v) is 6.12. The highest BCUT2D eigenvalue weighted by Crippen LogP contribution is 2.39. The van der Waals surface area contributed by atoms with Crippen LogP contribution in [0, 0.1) is 18.3 Å². The molecule has 0 aliphatic heterocycles. The number of aromatic nitrogens is 4. The van der Waals surface area contributed by atoms with Gasteiger partial charge < -0.3 is 10.4 Å². The number of fused-ring (bicyclic) bond motifs is 2. The summed E-state index contributed by atoms with van der Waals surface area (Å²) in [6.07, 6.45) is 0.537. The minimum absolute atomic E-state index is 0.0612.